The first-order valence-electron chi connectivity index (χ1n) is 6.60. The topological polar surface area (TPSA) is 52.6 Å². The minimum Gasteiger partial charge on any atom is -0.364 e. The molecule has 19 heavy (non-hydrogen) atoms. The first-order valence-corrected chi connectivity index (χ1v) is 6.60. The first kappa shape index (κ1) is 12.6. The van der Waals surface area contributed by atoms with E-state index >= 15 is 0 Å². The van der Waals surface area contributed by atoms with Crippen molar-refractivity contribution in [1.29, 1.82) is 0 Å². The zero-order valence-corrected chi connectivity index (χ0v) is 10.8. The van der Waals surface area contributed by atoms with Crippen LogP contribution >= 0.6 is 0 Å². The zero-order chi connectivity index (χ0) is 13.6. The second-order valence-electron chi connectivity index (χ2n) is 5.49. The lowest BCUT2D eigenvalue weighted by Crippen LogP contribution is -2.53. The van der Waals surface area contributed by atoms with Crippen molar-refractivity contribution in [2.75, 3.05) is 18.4 Å². The maximum Gasteiger partial charge on any atom is 0.276 e. The molecule has 3 rings (SSSR count). The molecule has 0 bridgehead atoms. The van der Waals surface area contributed by atoms with E-state index in [0.717, 1.165) is 12.8 Å². The number of hydrogen-bond donors (Lipinski definition) is 2. The Balaban J connectivity index is 1.99. The molecule has 2 aliphatic heterocycles. The fourth-order valence-corrected chi connectivity index (χ4v) is 2.89. The number of amides is 1. The number of rotatable bonds is 1. The summed E-state index contributed by atoms with van der Waals surface area (Å²) in [6.45, 7) is 3.44. The summed E-state index contributed by atoms with van der Waals surface area (Å²) in [5.41, 5.74) is -0.906. The Morgan fingerprint density at radius 2 is 2.11 bits per heavy atom. The second-order valence-corrected chi connectivity index (χ2v) is 5.49. The van der Waals surface area contributed by atoms with Gasteiger partial charge in [-0.2, -0.15) is 0 Å². The van der Waals surface area contributed by atoms with Crippen LogP contribution < -0.4 is 5.32 Å². The number of aliphatic hydroxyl groups is 1. The molecule has 0 radical (unpaired) electrons. The Kier molecular flexibility index (Phi) is 2.83. The summed E-state index contributed by atoms with van der Waals surface area (Å²) in [6, 6.07) is 4.02. The zero-order valence-electron chi connectivity index (χ0n) is 10.8. The third kappa shape index (κ3) is 1.84. The summed E-state index contributed by atoms with van der Waals surface area (Å²) >= 11 is 0. The molecule has 0 aromatic heterocycles. The molecule has 2 N–H and O–H groups in total. The van der Waals surface area contributed by atoms with Crippen molar-refractivity contribution in [2.45, 2.75) is 25.5 Å². The molecule has 2 heterocycles. The lowest BCUT2D eigenvalue weighted by molar-refractivity contribution is -0.162. The Morgan fingerprint density at radius 3 is 2.79 bits per heavy atom. The molecule has 2 aliphatic rings. The van der Waals surface area contributed by atoms with Crippen molar-refractivity contribution in [1.82, 2.24) is 4.90 Å². The number of carbonyl (C=O) groups is 1. The lowest BCUT2D eigenvalue weighted by atomic mass is 9.94. The molecule has 0 spiro atoms. The molecule has 1 aromatic carbocycles. The molecule has 0 saturated carbocycles. The van der Waals surface area contributed by atoms with Gasteiger partial charge in [0, 0.05) is 24.3 Å². The highest BCUT2D eigenvalue weighted by Crippen LogP contribution is 2.40. The van der Waals surface area contributed by atoms with Gasteiger partial charge in [-0.1, -0.05) is 6.92 Å². The third-order valence-corrected chi connectivity index (χ3v) is 4.16. The van der Waals surface area contributed by atoms with Crippen LogP contribution in [0.3, 0.4) is 0 Å². The number of halogens is 1. The Bertz CT molecular complexity index is 526. The molecule has 1 amide bonds. The summed E-state index contributed by atoms with van der Waals surface area (Å²) in [5, 5.41) is 13.4. The maximum absolute atomic E-state index is 13.4. The highest BCUT2D eigenvalue weighted by molar-refractivity contribution is 6.04. The number of hydrogen-bond acceptors (Lipinski definition) is 3. The van der Waals surface area contributed by atoms with Crippen molar-refractivity contribution in [3.63, 3.8) is 0 Å². The maximum atomic E-state index is 13.4. The number of fused-ring (bicyclic) bond motifs is 1. The standard InChI is InChI=1S/C14H17FN2O2/c1-9-4-6-17(7-5-9)14(19)11-8-10(15)2-3-12(11)16-13(14)18/h2-3,8-9,19H,4-7H2,1H3,(H,16,18)/t14-/m1/s1. The van der Waals surface area contributed by atoms with Crippen LogP contribution in [0.2, 0.25) is 0 Å². The van der Waals surface area contributed by atoms with Crippen LogP contribution in [-0.2, 0) is 10.5 Å². The van der Waals surface area contributed by atoms with Crippen molar-refractivity contribution < 1.29 is 14.3 Å². The summed E-state index contributed by atoms with van der Waals surface area (Å²) in [6.07, 6.45) is 1.86. The van der Waals surface area contributed by atoms with Gasteiger partial charge in [0.15, 0.2) is 0 Å². The molecule has 102 valence electrons. The second kappa shape index (κ2) is 4.28. The Hall–Kier alpha value is -1.46. The summed E-state index contributed by atoms with van der Waals surface area (Å²) in [5.74, 6) is -0.335. The Labute approximate surface area is 111 Å². The minimum atomic E-state index is -1.72. The van der Waals surface area contributed by atoms with Gasteiger partial charge in [0.2, 0.25) is 5.72 Å². The van der Waals surface area contributed by atoms with E-state index in [0.29, 0.717) is 30.3 Å². The minimum absolute atomic E-state index is 0.326. The Morgan fingerprint density at radius 1 is 1.42 bits per heavy atom. The SMILES string of the molecule is CC1CCN([C@]2(O)C(=O)Nc3ccc(F)cc32)CC1. The van der Waals surface area contributed by atoms with Gasteiger partial charge in [0.05, 0.1) is 0 Å². The van der Waals surface area contributed by atoms with Crippen LogP contribution in [-0.4, -0.2) is 29.0 Å². The van der Waals surface area contributed by atoms with Crippen molar-refractivity contribution in [3.8, 4) is 0 Å². The highest BCUT2D eigenvalue weighted by atomic mass is 19.1. The molecule has 1 atom stereocenters. The summed E-state index contributed by atoms with van der Waals surface area (Å²) in [4.78, 5) is 13.9. The molecule has 0 aliphatic carbocycles. The largest absolute Gasteiger partial charge is 0.364 e. The number of nitrogens with one attached hydrogen (secondary N) is 1. The van der Waals surface area contributed by atoms with Gasteiger partial charge in [-0.15, -0.1) is 0 Å². The van der Waals surface area contributed by atoms with Gasteiger partial charge in [-0.25, -0.2) is 4.39 Å². The van der Waals surface area contributed by atoms with E-state index in [2.05, 4.69) is 12.2 Å². The molecule has 4 nitrogen and oxygen atoms in total. The third-order valence-electron chi connectivity index (χ3n) is 4.16. The van der Waals surface area contributed by atoms with E-state index in [4.69, 9.17) is 0 Å². The van der Waals surface area contributed by atoms with E-state index in [9.17, 15) is 14.3 Å². The number of likely N-dealkylation sites (tertiary alicyclic amines) is 1. The quantitative estimate of drug-likeness (QED) is 0.811. The van der Waals surface area contributed by atoms with Gasteiger partial charge in [-0.05, 0) is 37.0 Å². The van der Waals surface area contributed by atoms with Crippen LogP contribution in [0.25, 0.3) is 0 Å². The predicted octanol–water partition coefficient (Wildman–Crippen LogP) is 1.65. The van der Waals surface area contributed by atoms with Crippen LogP contribution in [0.15, 0.2) is 18.2 Å². The average molecular weight is 264 g/mol. The lowest BCUT2D eigenvalue weighted by Gasteiger charge is -2.39. The van der Waals surface area contributed by atoms with Crippen molar-refractivity contribution in [3.05, 3.63) is 29.6 Å². The molecular formula is C14H17FN2O2. The normalized spacial score (nSPS) is 28.3. The number of nitrogens with zero attached hydrogens (tertiary/aromatic N) is 1. The van der Waals surface area contributed by atoms with Crippen molar-refractivity contribution in [2.24, 2.45) is 5.92 Å². The monoisotopic (exact) mass is 264 g/mol. The van der Waals surface area contributed by atoms with Gasteiger partial charge in [0.1, 0.15) is 5.82 Å². The van der Waals surface area contributed by atoms with Crippen LogP contribution in [0.5, 0.6) is 0 Å². The fraction of sp³-hybridized carbons (Fsp3) is 0.500. The number of piperidine rings is 1. The van der Waals surface area contributed by atoms with E-state index in [-0.39, 0.29) is 0 Å². The van der Waals surface area contributed by atoms with E-state index in [1.54, 1.807) is 4.90 Å². The van der Waals surface area contributed by atoms with Crippen LogP contribution in [0.1, 0.15) is 25.3 Å². The number of benzene rings is 1. The molecule has 0 unspecified atom stereocenters. The fourth-order valence-electron chi connectivity index (χ4n) is 2.89. The summed E-state index contributed by atoms with van der Waals surface area (Å²) < 4.78 is 13.4. The number of carbonyl (C=O) groups excluding carboxylic acids is 1. The molecule has 1 aromatic rings. The van der Waals surface area contributed by atoms with Gasteiger partial charge in [-0.3, -0.25) is 9.69 Å². The van der Waals surface area contributed by atoms with E-state index in [1.165, 1.54) is 18.2 Å². The highest BCUT2D eigenvalue weighted by Gasteiger charge is 2.50. The summed E-state index contributed by atoms with van der Waals surface area (Å²) in [7, 11) is 0. The average Bonchev–Trinajstić information content (AvgIpc) is 2.64. The van der Waals surface area contributed by atoms with Gasteiger partial charge < -0.3 is 10.4 Å². The van der Waals surface area contributed by atoms with Crippen LogP contribution in [0.4, 0.5) is 10.1 Å². The number of anilines is 1. The van der Waals surface area contributed by atoms with E-state index < -0.39 is 17.4 Å². The van der Waals surface area contributed by atoms with Crippen LogP contribution in [0, 0.1) is 11.7 Å². The smallest absolute Gasteiger partial charge is 0.276 e. The molecule has 1 fully saturated rings. The molecular weight excluding hydrogens is 247 g/mol. The van der Waals surface area contributed by atoms with Crippen molar-refractivity contribution >= 4 is 11.6 Å². The van der Waals surface area contributed by atoms with E-state index in [1.807, 2.05) is 0 Å². The van der Waals surface area contributed by atoms with Gasteiger partial charge >= 0.3 is 0 Å². The first-order chi connectivity index (χ1) is 9.01. The molecule has 1 saturated heterocycles. The predicted molar refractivity (Wildman–Crippen MR) is 68.9 cm³/mol. The molecule has 5 heteroatoms. The van der Waals surface area contributed by atoms with Gasteiger partial charge in [0.25, 0.3) is 5.91 Å².